The fraction of sp³-hybridized carbons (Fsp3) is 0.500. The van der Waals surface area contributed by atoms with Crippen LogP contribution in [0.2, 0.25) is 0 Å². The second kappa shape index (κ2) is 10.8. The van der Waals surface area contributed by atoms with Gasteiger partial charge in [-0.1, -0.05) is 0 Å². The van der Waals surface area contributed by atoms with Gasteiger partial charge in [-0.25, -0.2) is 0 Å². The van der Waals surface area contributed by atoms with Crippen LogP contribution in [0, 0.1) is 0 Å². The van der Waals surface area contributed by atoms with Crippen molar-refractivity contribution in [1.29, 1.82) is 0 Å². The fourth-order valence-corrected chi connectivity index (χ4v) is 0.430. The highest BCUT2D eigenvalue weighted by Gasteiger charge is 1.77. The summed E-state index contributed by atoms with van der Waals surface area (Å²) in [5, 5.41) is 16.6. The van der Waals surface area contributed by atoms with Crippen LogP contribution >= 0.6 is 0 Å². The van der Waals surface area contributed by atoms with Crippen LogP contribution in [0.25, 0.3) is 0 Å². The van der Waals surface area contributed by atoms with Crippen molar-refractivity contribution < 1.29 is 24.4 Å². The van der Waals surface area contributed by atoms with Gasteiger partial charge in [0.2, 0.25) is 0 Å². The van der Waals surface area contributed by atoms with Crippen molar-refractivity contribution in [3.05, 3.63) is 25.0 Å². The van der Waals surface area contributed by atoms with Crippen molar-refractivity contribution in [2.24, 2.45) is 0 Å². The average molecular weight is 190 g/mol. The zero-order valence-electron chi connectivity index (χ0n) is 7.26. The molecule has 0 unspecified atom stereocenters. The lowest BCUT2D eigenvalue weighted by atomic mass is 10.8. The van der Waals surface area contributed by atoms with Crippen LogP contribution in [0.5, 0.6) is 0 Å². The van der Waals surface area contributed by atoms with Crippen molar-refractivity contribution in [2.75, 3.05) is 26.4 Å². The van der Waals surface area contributed by atoms with Gasteiger partial charge in [-0.05, 0) is 0 Å². The minimum atomic E-state index is -0.0280. The maximum atomic E-state index is 8.31. The highest BCUT2D eigenvalue weighted by atomic mass is 16.5. The molecule has 0 atom stereocenters. The van der Waals surface area contributed by atoms with Gasteiger partial charge in [-0.3, -0.25) is 0 Å². The first-order chi connectivity index (χ1) is 6.41. The minimum Gasteiger partial charge on any atom is -0.496 e. The lowest BCUT2D eigenvalue weighted by molar-refractivity contribution is 0.155. The lowest BCUT2D eigenvalue weighted by Crippen LogP contribution is -1.92. The van der Waals surface area contributed by atoms with Gasteiger partial charge in [0, 0.05) is 0 Å². The largest absolute Gasteiger partial charge is 0.496 e. The van der Waals surface area contributed by atoms with Gasteiger partial charge < -0.3 is 24.4 Å². The third-order valence-electron chi connectivity index (χ3n) is 0.879. The van der Waals surface area contributed by atoms with Gasteiger partial charge >= 0.3 is 0 Å². The summed E-state index contributed by atoms with van der Waals surface area (Å²) in [7, 11) is 0. The zero-order chi connectivity index (χ0) is 9.78. The van der Waals surface area contributed by atoms with E-state index in [1.807, 2.05) is 0 Å². The molecule has 0 aromatic rings. The Morgan fingerprint density at radius 3 is 1.62 bits per heavy atom. The highest BCUT2D eigenvalue weighted by molar-refractivity contribution is 4.69. The number of aliphatic hydroxyl groups is 2. The Labute approximate surface area is 76.8 Å². The Hall–Kier alpha value is -1.20. The lowest BCUT2D eigenvalue weighted by Gasteiger charge is -1.95. The Morgan fingerprint density at radius 1 is 0.769 bits per heavy atom. The summed E-state index contributed by atoms with van der Waals surface area (Å²) in [6.45, 7) is 0.425. The van der Waals surface area contributed by atoms with E-state index in [-0.39, 0.29) is 26.4 Å². The molecule has 0 aromatic carbocycles. The zero-order valence-corrected chi connectivity index (χ0v) is 7.26. The molecule has 0 rings (SSSR count). The van der Waals surface area contributed by atoms with Crippen molar-refractivity contribution in [3.8, 4) is 0 Å². The predicted molar refractivity (Wildman–Crippen MR) is 45.4 cm³/mol. The van der Waals surface area contributed by atoms with E-state index < -0.39 is 0 Å². The van der Waals surface area contributed by atoms with E-state index >= 15 is 0 Å². The van der Waals surface area contributed by atoms with E-state index in [1.165, 1.54) is 25.0 Å². The van der Waals surface area contributed by atoms with Crippen LogP contribution < -0.4 is 0 Å². The molecule has 5 heteroatoms. The molecule has 0 saturated carbocycles. The minimum absolute atomic E-state index is 0.0280. The van der Waals surface area contributed by atoms with Crippen LogP contribution in [-0.4, -0.2) is 36.6 Å². The normalized spacial score (nSPS) is 10.9. The third kappa shape index (κ3) is 10.8. The smallest absolute Gasteiger partial charge is 0.125 e. The SMILES string of the molecule is OCCOC=COC=COCCO. The van der Waals surface area contributed by atoms with Gasteiger partial charge in [-0.15, -0.1) is 0 Å². The van der Waals surface area contributed by atoms with Crippen LogP contribution in [-0.2, 0) is 14.2 Å². The van der Waals surface area contributed by atoms with Crippen molar-refractivity contribution in [3.63, 3.8) is 0 Å². The number of hydrogen-bond acceptors (Lipinski definition) is 5. The predicted octanol–water partition coefficient (Wildman–Crippen LogP) is -0.0368. The molecule has 0 radical (unpaired) electrons. The summed E-state index contributed by atoms with van der Waals surface area (Å²) in [6.07, 6.45) is 5.22. The van der Waals surface area contributed by atoms with Gasteiger partial charge in [0.05, 0.1) is 13.2 Å². The fourth-order valence-electron chi connectivity index (χ4n) is 0.430. The third-order valence-corrected chi connectivity index (χ3v) is 0.879. The molecule has 0 fully saturated rings. The topological polar surface area (TPSA) is 68.2 Å². The second-order valence-corrected chi connectivity index (χ2v) is 1.87. The van der Waals surface area contributed by atoms with E-state index in [0.717, 1.165) is 0 Å². The molecule has 13 heavy (non-hydrogen) atoms. The van der Waals surface area contributed by atoms with Crippen molar-refractivity contribution in [2.45, 2.75) is 0 Å². The molecule has 76 valence electrons. The number of hydrogen-bond donors (Lipinski definition) is 2. The summed E-state index contributed by atoms with van der Waals surface area (Å²) < 4.78 is 14.2. The number of rotatable bonds is 8. The average Bonchev–Trinajstić information content (AvgIpc) is 2.16. The first-order valence-electron chi connectivity index (χ1n) is 3.82. The number of aliphatic hydroxyl groups excluding tert-OH is 2. The summed E-state index contributed by atoms with van der Waals surface area (Å²) in [5.74, 6) is 0. The van der Waals surface area contributed by atoms with Gasteiger partial charge in [0.1, 0.15) is 38.3 Å². The molecular weight excluding hydrogens is 176 g/mol. The molecule has 0 aliphatic carbocycles. The first-order valence-corrected chi connectivity index (χ1v) is 3.82. The molecule has 0 aliphatic rings. The summed E-state index contributed by atoms with van der Waals surface area (Å²) in [5.41, 5.74) is 0. The van der Waals surface area contributed by atoms with Crippen molar-refractivity contribution in [1.82, 2.24) is 0 Å². The van der Waals surface area contributed by atoms with E-state index in [2.05, 4.69) is 0 Å². The molecule has 0 bridgehead atoms. The van der Waals surface area contributed by atoms with Crippen molar-refractivity contribution >= 4 is 0 Å². The molecule has 0 spiro atoms. The molecule has 0 amide bonds. The van der Waals surface area contributed by atoms with Gasteiger partial charge in [0.15, 0.2) is 0 Å². The molecule has 2 N–H and O–H groups in total. The van der Waals surface area contributed by atoms with Gasteiger partial charge in [0.25, 0.3) is 0 Å². The van der Waals surface area contributed by atoms with Crippen LogP contribution in [0.3, 0.4) is 0 Å². The molecule has 0 aliphatic heterocycles. The number of ether oxygens (including phenoxy) is 3. The molecule has 0 saturated heterocycles. The summed E-state index contributed by atoms with van der Waals surface area (Å²) >= 11 is 0. The maximum absolute atomic E-state index is 8.31. The molecule has 0 heterocycles. The van der Waals surface area contributed by atoms with Gasteiger partial charge in [-0.2, -0.15) is 0 Å². The van der Waals surface area contributed by atoms with E-state index in [9.17, 15) is 0 Å². The Morgan fingerprint density at radius 2 is 1.23 bits per heavy atom. The quantitative estimate of drug-likeness (QED) is 0.415. The van der Waals surface area contributed by atoms with E-state index in [4.69, 9.17) is 24.4 Å². The van der Waals surface area contributed by atoms with Crippen LogP contribution in [0.4, 0.5) is 0 Å². The molecule has 5 nitrogen and oxygen atoms in total. The van der Waals surface area contributed by atoms with E-state index in [1.54, 1.807) is 0 Å². The summed E-state index contributed by atoms with van der Waals surface area (Å²) in [6, 6.07) is 0. The second-order valence-electron chi connectivity index (χ2n) is 1.87. The first kappa shape index (κ1) is 11.8. The van der Waals surface area contributed by atoms with Crippen LogP contribution in [0.15, 0.2) is 25.0 Å². The highest BCUT2D eigenvalue weighted by Crippen LogP contribution is 1.83. The Kier molecular flexibility index (Phi) is 9.80. The Balaban J connectivity index is 3.13. The Bertz CT molecular complexity index is 127. The maximum Gasteiger partial charge on any atom is 0.125 e. The standard InChI is InChI=1S/C8H14O5/c9-1-3-11-5-7-13-8-6-12-4-2-10/h5-10H,1-4H2. The van der Waals surface area contributed by atoms with E-state index in [0.29, 0.717) is 0 Å². The molecular formula is C8H14O5. The van der Waals surface area contributed by atoms with Crippen LogP contribution in [0.1, 0.15) is 0 Å². The molecule has 0 aromatic heterocycles. The summed E-state index contributed by atoms with van der Waals surface area (Å²) in [4.78, 5) is 0. The monoisotopic (exact) mass is 190 g/mol.